The van der Waals surface area contributed by atoms with Crippen molar-refractivity contribution >= 4 is 94.2 Å². The Kier molecular flexibility index (Phi) is 9.25. The summed E-state index contributed by atoms with van der Waals surface area (Å²) in [7, 11) is -3.08. The van der Waals surface area contributed by atoms with Gasteiger partial charge in [0.15, 0.2) is 25.5 Å². The number of fused-ring (bicyclic) bond motifs is 11. The second kappa shape index (κ2) is 16.5. The Bertz CT molecular complexity index is 4570. The second-order valence-corrected chi connectivity index (χ2v) is 23.6. The van der Waals surface area contributed by atoms with Crippen LogP contribution in [0.2, 0.25) is 0 Å². The Balaban J connectivity index is 0.980. The van der Waals surface area contributed by atoms with Crippen molar-refractivity contribution in [1.29, 1.82) is 0 Å². The molecule has 0 spiro atoms. The van der Waals surface area contributed by atoms with Gasteiger partial charge in [-0.05, 0) is 81.4 Å². The van der Waals surface area contributed by atoms with E-state index in [9.17, 15) is 0 Å². The first-order chi connectivity index (χ1) is 37.7. The fourth-order valence-electron chi connectivity index (χ4n) is 12.9. The number of nitrogens with zero attached hydrogens (tertiary/aromatic N) is 6. The summed E-state index contributed by atoms with van der Waals surface area (Å²) in [5.41, 5.74) is 12.9. The monoisotopic (exact) mass is 984 g/mol. The van der Waals surface area contributed by atoms with Crippen LogP contribution in [0, 0.1) is 0 Å². The Morgan fingerprint density at radius 2 is 0.645 bits per heavy atom. The highest BCUT2D eigenvalue weighted by molar-refractivity contribution is 7.21. The quantitative estimate of drug-likeness (QED) is 0.150. The van der Waals surface area contributed by atoms with Crippen molar-refractivity contribution in [2.45, 2.75) is 0 Å². The molecule has 0 aliphatic carbocycles. The van der Waals surface area contributed by atoms with Gasteiger partial charge in [-0.25, -0.2) is 15.0 Å². The predicted octanol–water partition coefficient (Wildman–Crippen LogP) is 13.9. The number of rotatable bonds is 7. The van der Waals surface area contributed by atoms with Gasteiger partial charge < -0.3 is 13.7 Å². The summed E-state index contributed by atoms with van der Waals surface area (Å²) in [6.07, 6.45) is 0. The Labute approximate surface area is 438 Å². The molecule has 16 rings (SSSR count). The van der Waals surface area contributed by atoms with Crippen LogP contribution in [0.3, 0.4) is 0 Å². The molecular formula is C69H44N6Si. The van der Waals surface area contributed by atoms with Gasteiger partial charge in [-0.2, -0.15) is 0 Å². The largest absolute Gasteiger partial charge is 0.309 e. The summed E-state index contributed by atoms with van der Waals surface area (Å²) >= 11 is 0. The molecule has 5 heterocycles. The lowest BCUT2D eigenvalue weighted by Crippen LogP contribution is -2.76. The number of hydrogen-bond donors (Lipinski definition) is 0. The summed E-state index contributed by atoms with van der Waals surface area (Å²) in [4.78, 5) is 16.8. The zero-order valence-corrected chi connectivity index (χ0v) is 42.1. The van der Waals surface area contributed by atoms with Crippen molar-refractivity contribution < 1.29 is 0 Å². The molecule has 0 N–H and O–H groups in total. The van der Waals surface area contributed by atoms with Gasteiger partial charge >= 0.3 is 0 Å². The molecule has 354 valence electrons. The van der Waals surface area contributed by atoms with Crippen molar-refractivity contribution in [1.82, 2.24) is 28.7 Å². The first kappa shape index (κ1) is 42.5. The fraction of sp³-hybridized carbons (Fsp3) is 0. The minimum Gasteiger partial charge on any atom is -0.309 e. The van der Waals surface area contributed by atoms with E-state index >= 15 is 0 Å². The zero-order chi connectivity index (χ0) is 49.9. The molecule has 0 fully saturated rings. The SMILES string of the molecule is c1ccc([Si]2(c3cccc(-c4nc(-c5ccccc5-n5c6ccccc6c6ccccc65)nc(-c5ccccc5-n5c6ccccc6c6ccccc65)n4)c3)c3ccccc3-n3c4ccccc4c4cccc2c43)cc1. The van der Waals surface area contributed by atoms with Crippen molar-refractivity contribution in [3.05, 3.63) is 267 Å². The van der Waals surface area contributed by atoms with Crippen LogP contribution in [-0.2, 0) is 0 Å². The van der Waals surface area contributed by atoms with Crippen molar-refractivity contribution in [3.8, 4) is 51.2 Å². The van der Waals surface area contributed by atoms with Crippen LogP contribution in [-0.4, -0.2) is 36.7 Å². The van der Waals surface area contributed by atoms with E-state index in [1.54, 1.807) is 0 Å². The number of benzene rings is 11. The van der Waals surface area contributed by atoms with Gasteiger partial charge in [-0.3, -0.25) is 0 Å². The lowest BCUT2D eigenvalue weighted by molar-refractivity contribution is 1.06. The van der Waals surface area contributed by atoms with Crippen LogP contribution < -0.4 is 20.7 Å². The van der Waals surface area contributed by atoms with E-state index < -0.39 is 8.07 Å². The van der Waals surface area contributed by atoms with E-state index in [0.29, 0.717) is 17.5 Å². The first-order valence-corrected chi connectivity index (χ1v) is 27.9. The Morgan fingerprint density at radius 1 is 0.263 bits per heavy atom. The zero-order valence-electron chi connectivity index (χ0n) is 41.1. The summed E-state index contributed by atoms with van der Waals surface area (Å²) in [6.45, 7) is 0. The maximum Gasteiger partial charge on any atom is 0.184 e. The third-order valence-corrected chi connectivity index (χ3v) is 20.8. The fourth-order valence-corrected chi connectivity index (χ4v) is 18.0. The van der Waals surface area contributed by atoms with Crippen LogP contribution >= 0.6 is 0 Å². The molecule has 11 aromatic carbocycles. The molecule has 4 aromatic heterocycles. The number of para-hydroxylation sites is 9. The molecule has 1 unspecified atom stereocenters. The summed E-state index contributed by atoms with van der Waals surface area (Å²) in [6, 6.07) is 97.1. The molecule has 0 amide bonds. The van der Waals surface area contributed by atoms with Crippen LogP contribution in [0.1, 0.15) is 0 Å². The molecule has 0 saturated carbocycles. The van der Waals surface area contributed by atoms with Crippen LogP contribution in [0.15, 0.2) is 267 Å². The molecule has 7 heteroatoms. The van der Waals surface area contributed by atoms with Crippen molar-refractivity contribution in [2.75, 3.05) is 0 Å². The molecule has 1 aliphatic rings. The van der Waals surface area contributed by atoms with Gasteiger partial charge in [-0.1, -0.05) is 206 Å². The average molecular weight is 985 g/mol. The second-order valence-electron chi connectivity index (χ2n) is 19.8. The molecule has 6 nitrogen and oxygen atoms in total. The highest BCUT2D eigenvalue weighted by Gasteiger charge is 2.48. The maximum absolute atomic E-state index is 5.62. The van der Waals surface area contributed by atoms with Crippen molar-refractivity contribution in [2.24, 2.45) is 0 Å². The molecule has 0 bridgehead atoms. The highest BCUT2D eigenvalue weighted by Crippen LogP contribution is 2.40. The van der Waals surface area contributed by atoms with E-state index in [1.165, 1.54) is 69.8 Å². The third kappa shape index (κ3) is 6.00. The molecule has 1 atom stereocenters. The van der Waals surface area contributed by atoms with Gasteiger partial charge in [0.05, 0.1) is 44.5 Å². The molecule has 76 heavy (non-hydrogen) atoms. The normalized spacial score (nSPS) is 14.1. The molecule has 15 aromatic rings. The Morgan fingerprint density at radius 3 is 1.20 bits per heavy atom. The maximum atomic E-state index is 5.62. The third-order valence-electron chi connectivity index (χ3n) is 16.0. The topological polar surface area (TPSA) is 53.5 Å². The molecule has 0 radical (unpaired) electrons. The van der Waals surface area contributed by atoms with E-state index in [0.717, 1.165) is 50.1 Å². The van der Waals surface area contributed by atoms with E-state index in [1.807, 2.05) is 0 Å². The first-order valence-electron chi connectivity index (χ1n) is 25.9. The summed E-state index contributed by atoms with van der Waals surface area (Å²) < 4.78 is 7.25. The van der Waals surface area contributed by atoms with Gasteiger partial charge in [0, 0.05) is 54.7 Å². The molecular weight excluding hydrogens is 941 g/mol. The predicted molar refractivity (Wildman–Crippen MR) is 316 cm³/mol. The van der Waals surface area contributed by atoms with E-state index in [-0.39, 0.29) is 0 Å². The molecule has 1 aliphatic heterocycles. The van der Waals surface area contributed by atoms with Gasteiger partial charge in [0.1, 0.15) is 0 Å². The van der Waals surface area contributed by atoms with Crippen LogP contribution in [0.25, 0.3) is 117 Å². The highest BCUT2D eigenvalue weighted by atomic mass is 28.3. The minimum absolute atomic E-state index is 0.590. The summed E-state index contributed by atoms with van der Waals surface area (Å²) in [5, 5.41) is 12.6. The smallest absolute Gasteiger partial charge is 0.184 e. The lowest BCUT2D eigenvalue weighted by atomic mass is 10.1. The van der Waals surface area contributed by atoms with Gasteiger partial charge in [0.2, 0.25) is 0 Å². The number of hydrogen-bond acceptors (Lipinski definition) is 3. The van der Waals surface area contributed by atoms with Crippen LogP contribution in [0.4, 0.5) is 0 Å². The lowest BCUT2D eigenvalue weighted by Gasteiger charge is -2.39. The van der Waals surface area contributed by atoms with E-state index in [2.05, 4.69) is 281 Å². The van der Waals surface area contributed by atoms with Gasteiger partial charge in [0.25, 0.3) is 0 Å². The van der Waals surface area contributed by atoms with Gasteiger partial charge in [-0.15, -0.1) is 0 Å². The summed E-state index contributed by atoms with van der Waals surface area (Å²) in [5.74, 6) is 1.78. The minimum atomic E-state index is -3.08. The number of aromatic nitrogens is 6. The van der Waals surface area contributed by atoms with Crippen molar-refractivity contribution in [3.63, 3.8) is 0 Å². The standard InChI is InChI=1S/C69H44N6Si/c1-2-23-46(24-3-1)76(64-42-19-18-41-63(64)75-60-38-15-8-30-52(60)53-33-21-43-65(76)66(53)75)47-25-20-22-45(44-47)67-70-68(54-31-9-16-39-61(54)73-56-34-11-4-26-48(56)49-27-5-12-35-57(49)73)72-69(71-67)55-32-10-17-40-62(55)74-58-36-13-6-28-50(58)51-29-7-14-37-59(51)74/h1-44H. The van der Waals surface area contributed by atoms with Crippen LogP contribution in [0.5, 0.6) is 0 Å². The average Bonchev–Trinajstić information content (AvgIpc) is 4.16. The Hall–Kier alpha value is -9.95. The van der Waals surface area contributed by atoms with E-state index in [4.69, 9.17) is 15.0 Å². The molecule has 0 saturated heterocycles.